The number of nitrogens with zero attached hydrogens (tertiary/aromatic N) is 1. The predicted molar refractivity (Wildman–Crippen MR) is 84.1 cm³/mol. The molecular formula is C17H17NO3S. The molecule has 2 aromatic carbocycles. The third-order valence-electron chi connectivity index (χ3n) is 3.54. The Hall–Kier alpha value is -2.32. The van der Waals surface area contributed by atoms with Crippen LogP contribution in [0.25, 0.3) is 0 Å². The van der Waals surface area contributed by atoms with Gasteiger partial charge in [-0.25, -0.2) is 0 Å². The van der Waals surface area contributed by atoms with Gasteiger partial charge in [0.1, 0.15) is 16.7 Å². The van der Waals surface area contributed by atoms with Gasteiger partial charge in [-0.05, 0) is 36.1 Å². The van der Waals surface area contributed by atoms with E-state index in [4.69, 9.17) is 9.44 Å². The molecule has 0 aliphatic carbocycles. The molecule has 0 aliphatic rings. The number of benzene rings is 2. The molecule has 0 fully saturated rings. The van der Waals surface area contributed by atoms with Crippen LogP contribution in [0.4, 0.5) is 0 Å². The van der Waals surface area contributed by atoms with Crippen molar-refractivity contribution in [2.45, 2.75) is 31.1 Å². The Morgan fingerprint density at radius 2 is 1.77 bits per heavy atom. The zero-order valence-electron chi connectivity index (χ0n) is 12.5. The summed E-state index contributed by atoms with van der Waals surface area (Å²) in [4.78, 5) is -0.114. The molecule has 1 unspecified atom stereocenters. The molecule has 2 rings (SSSR count). The lowest BCUT2D eigenvalue weighted by atomic mass is 9.98. The standard InChI is InChI=1S/C17H17NO3S/c1-3-13(2)15-9-5-6-10-16(15)21-22(19,20)17-11-7-4-8-14(17)12-18/h4-11,13H,3H2,1-2H3. The summed E-state index contributed by atoms with van der Waals surface area (Å²) < 4.78 is 30.2. The molecule has 2 aromatic rings. The number of hydrogen-bond donors (Lipinski definition) is 0. The Kier molecular flexibility index (Phi) is 4.84. The van der Waals surface area contributed by atoms with E-state index in [2.05, 4.69) is 0 Å². The molecule has 22 heavy (non-hydrogen) atoms. The van der Waals surface area contributed by atoms with Gasteiger partial charge in [-0.2, -0.15) is 13.7 Å². The van der Waals surface area contributed by atoms with Gasteiger partial charge < -0.3 is 4.18 Å². The van der Waals surface area contributed by atoms with Gasteiger partial charge in [-0.1, -0.05) is 44.2 Å². The minimum Gasteiger partial charge on any atom is -0.379 e. The maximum atomic E-state index is 12.5. The van der Waals surface area contributed by atoms with Gasteiger partial charge in [-0.15, -0.1) is 0 Å². The second-order valence-corrected chi connectivity index (χ2v) is 6.51. The maximum absolute atomic E-state index is 12.5. The van der Waals surface area contributed by atoms with Gasteiger partial charge in [0.2, 0.25) is 0 Å². The van der Waals surface area contributed by atoms with Crippen molar-refractivity contribution in [2.75, 3.05) is 0 Å². The molecular weight excluding hydrogens is 298 g/mol. The second kappa shape index (κ2) is 6.63. The van der Waals surface area contributed by atoms with Crippen molar-refractivity contribution >= 4 is 10.1 Å². The summed E-state index contributed by atoms with van der Waals surface area (Å²) in [5.41, 5.74) is 0.909. The number of hydrogen-bond acceptors (Lipinski definition) is 4. The van der Waals surface area contributed by atoms with Crippen LogP contribution < -0.4 is 4.18 Å². The second-order valence-electron chi connectivity index (χ2n) is 4.99. The molecule has 0 amide bonds. The van der Waals surface area contributed by atoms with Crippen LogP contribution in [0.1, 0.15) is 37.3 Å². The molecule has 0 saturated carbocycles. The van der Waals surface area contributed by atoms with Crippen molar-refractivity contribution in [3.8, 4) is 11.8 Å². The van der Waals surface area contributed by atoms with Crippen molar-refractivity contribution in [3.63, 3.8) is 0 Å². The molecule has 4 nitrogen and oxygen atoms in total. The lowest BCUT2D eigenvalue weighted by Crippen LogP contribution is -2.13. The largest absolute Gasteiger partial charge is 0.379 e. The predicted octanol–water partition coefficient (Wildman–Crippen LogP) is 3.84. The minimum absolute atomic E-state index is 0.0727. The van der Waals surface area contributed by atoms with E-state index in [-0.39, 0.29) is 16.4 Å². The average molecular weight is 315 g/mol. The number of rotatable bonds is 5. The SMILES string of the molecule is CCC(C)c1ccccc1OS(=O)(=O)c1ccccc1C#N. The van der Waals surface area contributed by atoms with Gasteiger partial charge in [-0.3, -0.25) is 0 Å². The number of para-hydroxylation sites is 1. The molecule has 1 atom stereocenters. The Bertz CT molecular complexity index is 807. The Balaban J connectivity index is 2.45. The third-order valence-corrected chi connectivity index (χ3v) is 4.83. The van der Waals surface area contributed by atoms with Crippen molar-refractivity contribution in [1.29, 1.82) is 5.26 Å². The van der Waals surface area contributed by atoms with Gasteiger partial charge in [0.05, 0.1) is 5.56 Å². The zero-order chi connectivity index (χ0) is 16.2. The lowest BCUT2D eigenvalue weighted by molar-refractivity contribution is 0.479. The quantitative estimate of drug-likeness (QED) is 0.786. The van der Waals surface area contributed by atoms with Crippen LogP contribution in [-0.2, 0) is 10.1 Å². The van der Waals surface area contributed by atoms with E-state index in [0.717, 1.165) is 12.0 Å². The first kappa shape index (κ1) is 16.1. The number of nitriles is 1. The van der Waals surface area contributed by atoms with E-state index in [1.807, 2.05) is 32.0 Å². The van der Waals surface area contributed by atoms with Gasteiger partial charge >= 0.3 is 10.1 Å². The fraction of sp³-hybridized carbons (Fsp3) is 0.235. The summed E-state index contributed by atoms with van der Waals surface area (Å²) in [6, 6.07) is 15.0. The van der Waals surface area contributed by atoms with E-state index in [1.54, 1.807) is 24.3 Å². The van der Waals surface area contributed by atoms with E-state index in [1.165, 1.54) is 12.1 Å². The monoisotopic (exact) mass is 315 g/mol. The van der Waals surface area contributed by atoms with Crippen LogP contribution in [0, 0.1) is 11.3 Å². The molecule has 0 saturated heterocycles. The van der Waals surface area contributed by atoms with Crippen molar-refractivity contribution in [3.05, 3.63) is 59.7 Å². The van der Waals surface area contributed by atoms with Crippen molar-refractivity contribution < 1.29 is 12.6 Å². The maximum Gasteiger partial charge on any atom is 0.340 e. The highest BCUT2D eigenvalue weighted by atomic mass is 32.2. The Morgan fingerprint density at radius 1 is 1.14 bits per heavy atom. The molecule has 0 radical (unpaired) electrons. The summed E-state index contributed by atoms with van der Waals surface area (Å²) in [7, 11) is -4.04. The van der Waals surface area contributed by atoms with E-state index >= 15 is 0 Å². The molecule has 0 heterocycles. The normalized spacial score (nSPS) is 12.4. The first-order chi connectivity index (χ1) is 10.5. The van der Waals surface area contributed by atoms with Crippen molar-refractivity contribution in [1.82, 2.24) is 0 Å². The van der Waals surface area contributed by atoms with Crippen molar-refractivity contribution in [2.24, 2.45) is 0 Å². The summed E-state index contributed by atoms with van der Waals surface area (Å²) in [5, 5.41) is 9.06. The fourth-order valence-electron chi connectivity index (χ4n) is 2.12. The summed E-state index contributed by atoms with van der Waals surface area (Å²) >= 11 is 0. The van der Waals surface area contributed by atoms with Crippen LogP contribution in [0.5, 0.6) is 5.75 Å². The first-order valence-corrected chi connectivity index (χ1v) is 8.43. The molecule has 0 aliphatic heterocycles. The van der Waals surface area contributed by atoms with E-state index < -0.39 is 10.1 Å². The summed E-state index contributed by atoms with van der Waals surface area (Å²) in [6.07, 6.45) is 0.870. The summed E-state index contributed by atoms with van der Waals surface area (Å²) in [5.74, 6) is 0.488. The highest BCUT2D eigenvalue weighted by molar-refractivity contribution is 7.87. The Labute approximate surface area is 131 Å². The minimum atomic E-state index is -4.04. The molecule has 0 spiro atoms. The van der Waals surface area contributed by atoms with E-state index in [9.17, 15) is 8.42 Å². The highest BCUT2D eigenvalue weighted by Crippen LogP contribution is 2.31. The fourth-order valence-corrected chi connectivity index (χ4v) is 3.23. The molecule has 0 aromatic heterocycles. The smallest absolute Gasteiger partial charge is 0.340 e. The van der Waals surface area contributed by atoms with Gasteiger partial charge in [0.15, 0.2) is 0 Å². The van der Waals surface area contributed by atoms with Crippen LogP contribution >= 0.6 is 0 Å². The van der Waals surface area contributed by atoms with Crippen LogP contribution in [0.15, 0.2) is 53.4 Å². The van der Waals surface area contributed by atoms with E-state index in [0.29, 0.717) is 5.75 Å². The van der Waals surface area contributed by atoms with Gasteiger partial charge in [0.25, 0.3) is 0 Å². The highest BCUT2D eigenvalue weighted by Gasteiger charge is 2.22. The molecule has 0 N–H and O–H groups in total. The lowest BCUT2D eigenvalue weighted by Gasteiger charge is -2.15. The molecule has 5 heteroatoms. The zero-order valence-corrected chi connectivity index (χ0v) is 13.3. The van der Waals surface area contributed by atoms with Crippen LogP contribution in [0.3, 0.4) is 0 Å². The first-order valence-electron chi connectivity index (χ1n) is 7.02. The summed E-state index contributed by atoms with van der Waals surface area (Å²) in [6.45, 7) is 4.04. The third kappa shape index (κ3) is 3.29. The Morgan fingerprint density at radius 3 is 2.45 bits per heavy atom. The molecule has 0 bridgehead atoms. The average Bonchev–Trinajstić information content (AvgIpc) is 2.54. The topological polar surface area (TPSA) is 67.2 Å². The molecule has 114 valence electrons. The van der Waals surface area contributed by atoms with Crippen LogP contribution in [0.2, 0.25) is 0 Å². The van der Waals surface area contributed by atoms with Gasteiger partial charge in [0, 0.05) is 0 Å². The van der Waals surface area contributed by atoms with Crippen LogP contribution in [-0.4, -0.2) is 8.42 Å².